The molecule has 2 amide bonds. The Bertz CT molecular complexity index is 501. The van der Waals surface area contributed by atoms with E-state index in [1.807, 2.05) is 14.1 Å². The highest BCUT2D eigenvalue weighted by atomic mass is 16.2. The van der Waals surface area contributed by atoms with Crippen LogP contribution in [0.4, 0.5) is 0 Å². The normalized spacial score (nSPS) is 18.9. The third-order valence-electron chi connectivity index (χ3n) is 3.34. The second-order valence-electron chi connectivity index (χ2n) is 4.85. The van der Waals surface area contributed by atoms with Gasteiger partial charge in [-0.1, -0.05) is 0 Å². The lowest BCUT2D eigenvalue weighted by atomic mass is 10.2. The first kappa shape index (κ1) is 13.5. The van der Waals surface area contributed by atoms with Crippen molar-refractivity contribution in [2.75, 3.05) is 27.2 Å². The van der Waals surface area contributed by atoms with Gasteiger partial charge in [0.25, 0.3) is 11.8 Å². The van der Waals surface area contributed by atoms with Gasteiger partial charge in [0.15, 0.2) is 0 Å². The Labute approximate surface area is 112 Å². The van der Waals surface area contributed by atoms with Gasteiger partial charge in [-0.25, -0.2) is 0 Å². The molecule has 2 N–H and O–H groups in total. The van der Waals surface area contributed by atoms with Gasteiger partial charge in [0, 0.05) is 31.4 Å². The van der Waals surface area contributed by atoms with Crippen LogP contribution in [0.3, 0.4) is 0 Å². The van der Waals surface area contributed by atoms with Crippen molar-refractivity contribution in [3.63, 3.8) is 0 Å². The summed E-state index contributed by atoms with van der Waals surface area (Å²) in [5.74, 6) is -0.809. The number of nitrogens with two attached hydrogens (primary N) is 1. The average molecular weight is 261 g/mol. The molecule has 2 heterocycles. The minimum atomic E-state index is -0.678. The van der Waals surface area contributed by atoms with Crippen LogP contribution in [0.15, 0.2) is 12.3 Å². The lowest BCUT2D eigenvalue weighted by Crippen LogP contribution is -2.34. The van der Waals surface area contributed by atoms with Crippen LogP contribution >= 0.6 is 0 Å². The number of carbonyl (C=O) groups excluding carboxylic acids is 2. The van der Waals surface area contributed by atoms with Crippen LogP contribution in [0.2, 0.25) is 0 Å². The zero-order valence-corrected chi connectivity index (χ0v) is 11.1. The summed E-state index contributed by atoms with van der Waals surface area (Å²) in [6, 6.07) is 4.60. The Balaban J connectivity index is 2.12. The minimum absolute atomic E-state index is 0.00536. The molecular formula is C13H17N4O2. The number of likely N-dealkylation sites (tertiary alicyclic amines) is 1. The van der Waals surface area contributed by atoms with E-state index in [2.05, 4.69) is 16.0 Å². The van der Waals surface area contributed by atoms with Crippen molar-refractivity contribution in [2.24, 2.45) is 5.73 Å². The predicted octanol–water partition coefficient (Wildman–Crippen LogP) is -0.243. The second-order valence-corrected chi connectivity index (χ2v) is 4.85. The molecule has 0 saturated carbocycles. The molecule has 0 aliphatic carbocycles. The number of nitrogens with zero attached hydrogens (tertiary/aromatic N) is 3. The number of amides is 2. The molecule has 1 unspecified atom stereocenters. The van der Waals surface area contributed by atoms with Crippen molar-refractivity contribution < 1.29 is 9.59 Å². The smallest absolute Gasteiger partial charge is 0.267 e. The average Bonchev–Trinajstić information content (AvgIpc) is 2.87. The molecule has 0 aromatic carbocycles. The maximum Gasteiger partial charge on any atom is 0.267 e. The van der Waals surface area contributed by atoms with Crippen molar-refractivity contribution in [1.29, 1.82) is 0 Å². The van der Waals surface area contributed by atoms with Crippen molar-refractivity contribution in [2.45, 2.75) is 12.5 Å². The highest BCUT2D eigenvalue weighted by Crippen LogP contribution is 2.16. The van der Waals surface area contributed by atoms with Gasteiger partial charge >= 0.3 is 0 Å². The fourth-order valence-electron chi connectivity index (χ4n) is 2.16. The molecule has 6 nitrogen and oxygen atoms in total. The summed E-state index contributed by atoms with van der Waals surface area (Å²) >= 11 is 0. The SMILES string of the molecule is CN(C)C1CCN(C(=O)c2[c]c(C(N)=O)ncc2)C1. The number of aromatic nitrogens is 1. The van der Waals surface area contributed by atoms with Gasteiger partial charge in [-0.05, 0) is 26.6 Å². The topological polar surface area (TPSA) is 79.5 Å². The van der Waals surface area contributed by atoms with Gasteiger partial charge in [0.05, 0.1) is 5.56 Å². The first-order valence-electron chi connectivity index (χ1n) is 6.13. The van der Waals surface area contributed by atoms with Gasteiger partial charge in [0.2, 0.25) is 0 Å². The first-order valence-corrected chi connectivity index (χ1v) is 6.13. The number of likely N-dealkylation sites (N-methyl/N-ethyl adjacent to an activating group) is 1. The standard InChI is InChI=1S/C13H17N4O2/c1-16(2)10-4-6-17(8-10)13(19)9-3-5-15-11(7-9)12(14)18/h3,5,10H,4,6,8H2,1-2H3,(H2,14,18). The molecule has 1 radical (unpaired) electrons. The van der Waals surface area contributed by atoms with Crippen LogP contribution in [0.5, 0.6) is 0 Å². The lowest BCUT2D eigenvalue weighted by molar-refractivity contribution is 0.0782. The zero-order chi connectivity index (χ0) is 14.0. The van der Waals surface area contributed by atoms with E-state index < -0.39 is 5.91 Å². The Hall–Kier alpha value is -1.95. The molecule has 1 saturated heterocycles. The summed E-state index contributed by atoms with van der Waals surface area (Å²) in [4.78, 5) is 31.0. The number of hydrogen-bond acceptors (Lipinski definition) is 4. The first-order chi connectivity index (χ1) is 8.99. The van der Waals surface area contributed by atoms with Gasteiger partial charge in [-0.2, -0.15) is 0 Å². The summed E-state index contributed by atoms with van der Waals surface area (Å²) < 4.78 is 0. The van der Waals surface area contributed by atoms with Gasteiger partial charge < -0.3 is 15.5 Å². The van der Waals surface area contributed by atoms with Crippen LogP contribution in [-0.4, -0.2) is 59.8 Å². The van der Waals surface area contributed by atoms with E-state index in [1.54, 1.807) is 11.0 Å². The van der Waals surface area contributed by atoms with E-state index >= 15 is 0 Å². The van der Waals surface area contributed by atoms with Gasteiger partial charge in [0.1, 0.15) is 5.69 Å². The predicted molar refractivity (Wildman–Crippen MR) is 69.6 cm³/mol. The third-order valence-corrected chi connectivity index (χ3v) is 3.34. The Kier molecular flexibility index (Phi) is 3.80. The Morgan fingerprint density at radius 2 is 2.26 bits per heavy atom. The number of primary amides is 1. The maximum atomic E-state index is 12.3. The van der Waals surface area contributed by atoms with Crippen LogP contribution in [0.1, 0.15) is 27.3 Å². The van der Waals surface area contributed by atoms with E-state index in [-0.39, 0.29) is 11.6 Å². The third kappa shape index (κ3) is 2.90. The molecule has 0 bridgehead atoms. The summed E-state index contributed by atoms with van der Waals surface area (Å²) in [5.41, 5.74) is 5.46. The molecule has 101 valence electrons. The molecule has 2 rings (SSSR count). The Morgan fingerprint density at radius 1 is 1.53 bits per heavy atom. The van der Waals surface area contributed by atoms with E-state index in [1.165, 1.54) is 6.20 Å². The van der Waals surface area contributed by atoms with E-state index in [0.717, 1.165) is 6.42 Å². The molecule has 6 heteroatoms. The van der Waals surface area contributed by atoms with Gasteiger partial charge in [-0.15, -0.1) is 0 Å². The van der Waals surface area contributed by atoms with Crippen LogP contribution in [0, 0.1) is 6.07 Å². The Morgan fingerprint density at radius 3 is 2.84 bits per heavy atom. The molecule has 1 atom stereocenters. The van der Waals surface area contributed by atoms with Crippen LogP contribution < -0.4 is 5.73 Å². The summed E-state index contributed by atoms with van der Waals surface area (Å²) in [7, 11) is 4.00. The number of hydrogen-bond donors (Lipinski definition) is 1. The maximum absolute atomic E-state index is 12.3. The van der Waals surface area contributed by atoms with E-state index in [9.17, 15) is 9.59 Å². The summed E-state index contributed by atoms with van der Waals surface area (Å²) in [6.45, 7) is 1.40. The lowest BCUT2D eigenvalue weighted by Gasteiger charge is -2.20. The van der Waals surface area contributed by atoms with E-state index in [0.29, 0.717) is 24.7 Å². The van der Waals surface area contributed by atoms with Crippen molar-refractivity contribution in [3.05, 3.63) is 29.6 Å². The van der Waals surface area contributed by atoms with Crippen molar-refractivity contribution in [1.82, 2.24) is 14.8 Å². The zero-order valence-electron chi connectivity index (χ0n) is 11.1. The van der Waals surface area contributed by atoms with Gasteiger partial charge in [-0.3, -0.25) is 14.6 Å². The highest BCUT2D eigenvalue weighted by molar-refractivity contribution is 5.97. The summed E-state index contributed by atoms with van der Waals surface area (Å²) in [6.07, 6.45) is 2.36. The number of rotatable bonds is 3. The monoisotopic (exact) mass is 261 g/mol. The van der Waals surface area contributed by atoms with Crippen LogP contribution in [0.25, 0.3) is 0 Å². The molecular weight excluding hydrogens is 244 g/mol. The molecule has 1 aromatic rings. The number of pyridine rings is 1. The molecule has 1 fully saturated rings. The molecule has 19 heavy (non-hydrogen) atoms. The summed E-state index contributed by atoms with van der Waals surface area (Å²) in [5, 5.41) is 0. The molecule has 1 aliphatic rings. The van der Waals surface area contributed by atoms with Crippen molar-refractivity contribution >= 4 is 11.8 Å². The fraction of sp³-hybridized carbons (Fsp3) is 0.462. The largest absolute Gasteiger partial charge is 0.364 e. The van der Waals surface area contributed by atoms with E-state index in [4.69, 9.17) is 5.73 Å². The molecule has 1 aliphatic heterocycles. The quantitative estimate of drug-likeness (QED) is 0.814. The molecule has 1 aromatic heterocycles. The van der Waals surface area contributed by atoms with Crippen molar-refractivity contribution in [3.8, 4) is 0 Å². The second kappa shape index (κ2) is 5.36. The minimum Gasteiger partial charge on any atom is -0.364 e. The van der Waals surface area contributed by atoms with Crippen LogP contribution in [-0.2, 0) is 0 Å². The highest BCUT2D eigenvalue weighted by Gasteiger charge is 2.28. The fourth-order valence-corrected chi connectivity index (χ4v) is 2.16. The number of carbonyl (C=O) groups is 2. The molecule has 0 spiro atoms.